The zero-order valence-corrected chi connectivity index (χ0v) is 12.6. The third-order valence-corrected chi connectivity index (χ3v) is 6.25. The lowest BCUT2D eigenvalue weighted by Crippen LogP contribution is -2.50. The molecular formula is C12H25N3O3S. The van der Waals surface area contributed by atoms with Gasteiger partial charge >= 0.3 is 0 Å². The molecule has 0 unspecified atom stereocenters. The van der Waals surface area contributed by atoms with Gasteiger partial charge in [-0.1, -0.05) is 0 Å². The van der Waals surface area contributed by atoms with Crippen molar-refractivity contribution in [2.75, 3.05) is 40.3 Å². The predicted molar refractivity (Wildman–Crippen MR) is 74.0 cm³/mol. The Labute approximate surface area is 116 Å². The highest BCUT2D eigenvalue weighted by molar-refractivity contribution is 7.86. The molecule has 2 rings (SSSR count). The van der Waals surface area contributed by atoms with Gasteiger partial charge in [0.05, 0.1) is 6.61 Å². The van der Waals surface area contributed by atoms with E-state index in [1.165, 1.54) is 4.31 Å². The molecule has 0 aromatic heterocycles. The topological polar surface area (TPSA) is 64.1 Å². The maximum absolute atomic E-state index is 12.0. The first-order chi connectivity index (χ1) is 8.96. The summed E-state index contributed by atoms with van der Waals surface area (Å²) >= 11 is 0. The van der Waals surface area contributed by atoms with Gasteiger partial charge in [-0.3, -0.25) is 4.90 Å². The highest BCUT2D eigenvalue weighted by Crippen LogP contribution is 2.26. The summed E-state index contributed by atoms with van der Waals surface area (Å²) in [5.74, 6) is 0. The molecule has 0 radical (unpaired) electrons. The molecule has 2 saturated heterocycles. The first-order valence-corrected chi connectivity index (χ1v) is 8.40. The Kier molecular flexibility index (Phi) is 4.84. The summed E-state index contributed by atoms with van der Waals surface area (Å²) < 4.78 is 26.9. The van der Waals surface area contributed by atoms with Gasteiger partial charge in [0.15, 0.2) is 0 Å². The second-order valence-corrected chi connectivity index (χ2v) is 7.78. The van der Waals surface area contributed by atoms with Crippen molar-refractivity contribution in [1.82, 2.24) is 13.5 Å². The van der Waals surface area contributed by atoms with Crippen LogP contribution in [0.25, 0.3) is 0 Å². The average Bonchev–Trinajstić information content (AvgIpc) is 2.87. The standard InChI is InChI=1S/C12H25N3O3S/c1-13(2)19(17,18)14-8-5-11(6-9-14)15-7-3-4-12(15)10-16/h11-12,16H,3-10H2,1-2H3/t12-/m0/s1. The third kappa shape index (κ3) is 3.11. The first kappa shape index (κ1) is 15.2. The molecule has 0 aliphatic carbocycles. The van der Waals surface area contributed by atoms with Crippen LogP contribution in [0.2, 0.25) is 0 Å². The smallest absolute Gasteiger partial charge is 0.281 e. The Morgan fingerprint density at radius 2 is 1.79 bits per heavy atom. The molecule has 19 heavy (non-hydrogen) atoms. The lowest BCUT2D eigenvalue weighted by molar-refractivity contribution is 0.0890. The SMILES string of the molecule is CN(C)S(=O)(=O)N1CCC(N2CCC[C@H]2CO)CC1. The fraction of sp³-hybridized carbons (Fsp3) is 1.00. The number of likely N-dealkylation sites (tertiary alicyclic amines) is 1. The van der Waals surface area contributed by atoms with Crippen molar-refractivity contribution in [1.29, 1.82) is 0 Å². The average molecular weight is 291 g/mol. The van der Waals surface area contributed by atoms with Gasteiger partial charge in [-0.15, -0.1) is 0 Å². The first-order valence-electron chi connectivity index (χ1n) is 7.01. The van der Waals surface area contributed by atoms with Crippen molar-refractivity contribution in [2.24, 2.45) is 0 Å². The normalized spacial score (nSPS) is 28.3. The highest BCUT2D eigenvalue weighted by atomic mass is 32.2. The summed E-state index contributed by atoms with van der Waals surface area (Å²) in [7, 11) is -0.121. The van der Waals surface area contributed by atoms with E-state index in [1.807, 2.05) is 0 Å². The van der Waals surface area contributed by atoms with Crippen molar-refractivity contribution in [2.45, 2.75) is 37.8 Å². The van der Waals surface area contributed by atoms with Gasteiger partial charge < -0.3 is 5.11 Å². The Balaban J connectivity index is 1.93. The van der Waals surface area contributed by atoms with Crippen LogP contribution in [0.4, 0.5) is 0 Å². The second-order valence-electron chi connectivity index (χ2n) is 5.64. The minimum absolute atomic E-state index is 0.218. The van der Waals surface area contributed by atoms with Crippen LogP contribution in [0.1, 0.15) is 25.7 Å². The molecule has 1 atom stereocenters. The number of piperidine rings is 1. The Morgan fingerprint density at radius 3 is 2.32 bits per heavy atom. The Morgan fingerprint density at radius 1 is 1.16 bits per heavy atom. The number of rotatable bonds is 4. The lowest BCUT2D eigenvalue weighted by Gasteiger charge is -2.39. The van der Waals surface area contributed by atoms with Crippen molar-refractivity contribution in [3.63, 3.8) is 0 Å². The molecule has 2 aliphatic rings. The largest absolute Gasteiger partial charge is 0.395 e. The van der Waals surface area contributed by atoms with E-state index in [1.54, 1.807) is 18.4 Å². The molecule has 0 aromatic carbocycles. The molecule has 2 heterocycles. The second kappa shape index (κ2) is 6.05. The summed E-state index contributed by atoms with van der Waals surface area (Å²) in [4.78, 5) is 2.37. The van der Waals surface area contributed by atoms with E-state index in [9.17, 15) is 13.5 Å². The molecule has 0 saturated carbocycles. The van der Waals surface area contributed by atoms with Crippen LogP contribution in [0.5, 0.6) is 0 Å². The fourth-order valence-corrected chi connectivity index (χ4v) is 4.30. The van der Waals surface area contributed by atoms with Crippen LogP contribution in [-0.2, 0) is 10.2 Å². The number of nitrogens with zero attached hydrogens (tertiary/aromatic N) is 3. The molecule has 7 heteroatoms. The van der Waals surface area contributed by atoms with Crippen LogP contribution in [0.3, 0.4) is 0 Å². The highest BCUT2D eigenvalue weighted by Gasteiger charge is 2.35. The van der Waals surface area contributed by atoms with Gasteiger partial charge in [-0.2, -0.15) is 17.0 Å². The van der Waals surface area contributed by atoms with Gasteiger partial charge in [0.1, 0.15) is 0 Å². The van der Waals surface area contributed by atoms with Crippen LogP contribution >= 0.6 is 0 Å². The zero-order chi connectivity index (χ0) is 14.0. The molecule has 0 amide bonds. The van der Waals surface area contributed by atoms with E-state index in [0.717, 1.165) is 32.2 Å². The molecule has 0 aromatic rings. The molecule has 2 fully saturated rings. The van der Waals surface area contributed by atoms with Crippen LogP contribution in [0, 0.1) is 0 Å². The van der Waals surface area contributed by atoms with Crippen molar-refractivity contribution in [3.05, 3.63) is 0 Å². The van der Waals surface area contributed by atoms with E-state index in [4.69, 9.17) is 0 Å². The summed E-state index contributed by atoms with van der Waals surface area (Å²) in [5.41, 5.74) is 0. The zero-order valence-electron chi connectivity index (χ0n) is 11.8. The molecular weight excluding hydrogens is 266 g/mol. The summed E-state index contributed by atoms with van der Waals surface area (Å²) in [5, 5.41) is 9.37. The number of aliphatic hydroxyl groups excluding tert-OH is 1. The van der Waals surface area contributed by atoms with Gasteiger partial charge in [-0.25, -0.2) is 0 Å². The fourth-order valence-electron chi connectivity index (χ4n) is 3.17. The number of aliphatic hydroxyl groups is 1. The van der Waals surface area contributed by atoms with Crippen LogP contribution in [0.15, 0.2) is 0 Å². The molecule has 0 spiro atoms. The minimum atomic E-state index is -3.27. The minimum Gasteiger partial charge on any atom is -0.395 e. The monoisotopic (exact) mass is 291 g/mol. The van der Waals surface area contributed by atoms with Gasteiger partial charge in [0.25, 0.3) is 10.2 Å². The van der Waals surface area contributed by atoms with Crippen LogP contribution < -0.4 is 0 Å². The third-order valence-electron chi connectivity index (χ3n) is 4.31. The van der Waals surface area contributed by atoms with Gasteiger partial charge in [-0.05, 0) is 32.2 Å². The molecule has 0 bridgehead atoms. The number of hydrogen-bond acceptors (Lipinski definition) is 4. The van der Waals surface area contributed by atoms with E-state index in [-0.39, 0.29) is 12.6 Å². The van der Waals surface area contributed by atoms with Crippen LogP contribution in [-0.4, -0.2) is 79.5 Å². The van der Waals surface area contributed by atoms with Gasteiger partial charge in [0, 0.05) is 39.3 Å². The summed E-state index contributed by atoms with van der Waals surface area (Å²) in [6.07, 6.45) is 3.93. The molecule has 112 valence electrons. The maximum atomic E-state index is 12.0. The summed E-state index contributed by atoms with van der Waals surface area (Å²) in [6.45, 7) is 2.42. The molecule has 6 nitrogen and oxygen atoms in total. The van der Waals surface area contributed by atoms with Gasteiger partial charge in [0.2, 0.25) is 0 Å². The quantitative estimate of drug-likeness (QED) is 0.773. The van der Waals surface area contributed by atoms with Crippen molar-refractivity contribution < 1.29 is 13.5 Å². The van der Waals surface area contributed by atoms with E-state index < -0.39 is 10.2 Å². The van der Waals surface area contributed by atoms with E-state index >= 15 is 0 Å². The van der Waals surface area contributed by atoms with Crippen molar-refractivity contribution >= 4 is 10.2 Å². The molecule has 2 aliphatic heterocycles. The maximum Gasteiger partial charge on any atom is 0.281 e. The van der Waals surface area contributed by atoms with Crippen molar-refractivity contribution in [3.8, 4) is 0 Å². The Hall–Kier alpha value is -0.210. The lowest BCUT2D eigenvalue weighted by atomic mass is 10.0. The van der Waals surface area contributed by atoms with E-state index in [0.29, 0.717) is 19.1 Å². The number of hydrogen-bond donors (Lipinski definition) is 1. The van der Waals surface area contributed by atoms with E-state index in [2.05, 4.69) is 4.90 Å². The Bertz CT molecular complexity index is 391. The summed E-state index contributed by atoms with van der Waals surface area (Å²) in [6, 6.07) is 0.704. The molecule has 1 N–H and O–H groups in total. The predicted octanol–water partition coefficient (Wildman–Crippen LogP) is -0.286.